The van der Waals surface area contributed by atoms with Gasteiger partial charge in [-0.05, 0) is 71.8 Å². The molecule has 0 amide bonds. The molecule has 2 aromatic carbocycles. The molecule has 0 atom stereocenters. The van der Waals surface area contributed by atoms with Gasteiger partial charge in [-0.2, -0.15) is 0 Å². The summed E-state index contributed by atoms with van der Waals surface area (Å²) in [5.41, 5.74) is 5.00. The van der Waals surface area contributed by atoms with Gasteiger partial charge in [0.1, 0.15) is 0 Å². The van der Waals surface area contributed by atoms with Crippen LogP contribution in [0.4, 0.5) is 5.69 Å². The van der Waals surface area contributed by atoms with Crippen LogP contribution < -0.4 is 5.32 Å². The van der Waals surface area contributed by atoms with Crippen molar-refractivity contribution in [3.8, 4) is 0 Å². The Kier molecular flexibility index (Phi) is 4.28. The van der Waals surface area contributed by atoms with Crippen LogP contribution in [0.5, 0.6) is 0 Å². The van der Waals surface area contributed by atoms with Gasteiger partial charge in [-0.25, -0.2) is 0 Å². The van der Waals surface area contributed by atoms with Crippen LogP contribution in [-0.2, 0) is 0 Å². The van der Waals surface area contributed by atoms with E-state index >= 15 is 0 Å². The third kappa shape index (κ3) is 3.27. The molecule has 0 aromatic heterocycles. The van der Waals surface area contributed by atoms with Crippen LogP contribution in [0.1, 0.15) is 35.4 Å². The monoisotopic (exact) mass is 363 g/mol. The lowest BCUT2D eigenvalue weighted by Crippen LogP contribution is -2.34. The summed E-state index contributed by atoms with van der Waals surface area (Å²) in [7, 11) is 0. The minimum absolute atomic E-state index is 0.533. The first-order chi connectivity index (χ1) is 10.0. The molecule has 0 spiro atoms. The SMILES string of the molecule is Cc1cccc(C2CC(Nc3cc(Cl)c(C)cc3Br)C2)c1. The molecule has 2 aromatic rings. The first-order valence-electron chi connectivity index (χ1n) is 7.31. The minimum Gasteiger partial charge on any atom is -0.381 e. The largest absolute Gasteiger partial charge is 0.381 e. The van der Waals surface area contributed by atoms with Crippen LogP contribution in [0.15, 0.2) is 40.9 Å². The van der Waals surface area contributed by atoms with E-state index in [1.54, 1.807) is 0 Å². The maximum atomic E-state index is 6.21. The Balaban J connectivity index is 1.64. The van der Waals surface area contributed by atoms with E-state index in [0.717, 1.165) is 20.7 Å². The molecule has 1 N–H and O–H groups in total. The fraction of sp³-hybridized carbons (Fsp3) is 0.333. The lowest BCUT2D eigenvalue weighted by molar-refractivity contribution is 0.374. The van der Waals surface area contributed by atoms with Gasteiger partial charge in [-0.3, -0.25) is 0 Å². The molecule has 0 heterocycles. The van der Waals surface area contributed by atoms with Gasteiger partial charge in [0, 0.05) is 15.5 Å². The number of hydrogen-bond acceptors (Lipinski definition) is 1. The topological polar surface area (TPSA) is 12.0 Å². The summed E-state index contributed by atoms with van der Waals surface area (Å²) in [5.74, 6) is 0.682. The minimum atomic E-state index is 0.533. The standard InChI is InChI=1S/C18H19BrClN/c1-11-4-3-5-13(6-11)14-8-15(9-14)21-18-10-17(20)12(2)7-16(18)19/h3-7,10,14-15,21H,8-9H2,1-2H3. The van der Waals surface area contributed by atoms with Crippen molar-refractivity contribution in [2.45, 2.75) is 38.6 Å². The van der Waals surface area contributed by atoms with E-state index in [9.17, 15) is 0 Å². The normalized spacial score (nSPS) is 21.0. The first kappa shape index (κ1) is 14.9. The van der Waals surface area contributed by atoms with Crippen molar-refractivity contribution in [3.05, 3.63) is 62.6 Å². The van der Waals surface area contributed by atoms with E-state index in [-0.39, 0.29) is 0 Å². The van der Waals surface area contributed by atoms with Crippen LogP contribution in [0.2, 0.25) is 5.02 Å². The second-order valence-electron chi connectivity index (χ2n) is 6.00. The van der Waals surface area contributed by atoms with Gasteiger partial charge in [-0.1, -0.05) is 41.4 Å². The molecule has 0 bridgehead atoms. The molecular weight excluding hydrogens is 346 g/mol. The van der Waals surface area contributed by atoms with Gasteiger partial charge in [0.25, 0.3) is 0 Å². The van der Waals surface area contributed by atoms with E-state index in [4.69, 9.17) is 11.6 Å². The molecule has 1 aliphatic rings. The summed E-state index contributed by atoms with van der Waals surface area (Å²) < 4.78 is 1.09. The summed E-state index contributed by atoms with van der Waals surface area (Å²) in [6, 6.07) is 13.5. The average molecular weight is 365 g/mol. The van der Waals surface area contributed by atoms with Gasteiger partial charge >= 0.3 is 0 Å². The lowest BCUT2D eigenvalue weighted by Gasteiger charge is -2.37. The van der Waals surface area contributed by atoms with Crippen LogP contribution in [-0.4, -0.2) is 6.04 Å². The zero-order valence-electron chi connectivity index (χ0n) is 12.3. The molecule has 0 unspecified atom stereocenters. The van der Waals surface area contributed by atoms with Gasteiger partial charge in [0.15, 0.2) is 0 Å². The van der Waals surface area contributed by atoms with E-state index < -0.39 is 0 Å². The van der Waals surface area contributed by atoms with E-state index in [1.807, 2.05) is 13.0 Å². The highest BCUT2D eigenvalue weighted by atomic mass is 79.9. The van der Waals surface area contributed by atoms with Crippen LogP contribution >= 0.6 is 27.5 Å². The number of halogens is 2. The van der Waals surface area contributed by atoms with Crippen molar-refractivity contribution in [3.63, 3.8) is 0 Å². The highest BCUT2D eigenvalue weighted by Gasteiger charge is 2.30. The Morgan fingerprint density at radius 3 is 2.62 bits per heavy atom. The van der Waals surface area contributed by atoms with Crippen LogP contribution in [0, 0.1) is 13.8 Å². The Bertz CT molecular complexity index is 662. The summed E-state index contributed by atoms with van der Waals surface area (Å²) >= 11 is 9.82. The van der Waals surface area contributed by atoms with Crippen LogP contribution in [0.25, 0.3) is 0 Å². The summed E-state index contributed by atoms with van der Waals surface area (Å²) in [5, 5.41) is 4.41. The number of nitrogens with one attached hydrogen (secondary N) is 1. The number of anilines is 1. The zero-order valence-corrected chi connectivity index (χ0v) is 14.6. The molecule has 110 valence electrons. The molecule has 3 heteroatoms. The molecule has 0 radical (unpaired) electrons. The van der Waals surface area contributed by atoms with Crippen molar-refractivity contribution >= 4 is 33.2 Å². The second kappa shape index (κ2) is 6.02. The van der Waals surface area contributed by atoms with E-state index in [2.05, 4.69) is 58.5 Å². The molecule has 21 heavy (non-hydrogen) atoms. The smallest absolute Gasteiger partial charge is 0.0501 e. The van der Waals surface area contributed by atoms with E-state index in [0.29, 0.717) is 12.0 Å². The zero-order chi connectivity index (χ0) is 15.0. The van der Waals surface area contributed by atoms with Gasteiger partial charge < -0.3 is 5.32 Å². The summed E-state index contributed by atoms with van der Waals surface area (Å²) in [6.07, 6.45) is 2.36. The molecule has 0 saturated heterocycles. The quantitative estimate of drug-likeness (QED) is 0.696. The van der Waals surface area contributed by atoms with E-state index in [1.165, 1.54) is 24.0 Å². The number of hydrogen-bond donors (Lipinski definition) is 1. The average Bonchev–Trinajstić information content (AvgIpc) is 2.39. The molecule has 0 aliphatic heterocycles. The second-order valence-corrected chi connectivity index (χ2v) is 7.27. The Morgan fingerprint density at radius 2 is 1.90 bits per heavy atom. The molecule has 1 aliphatic carbocycles. The molecule has 1 fully saturated rings. The summed E-state index contributed by atoms with van der Waals surface area (Å²) in [6.45, 7) is 4.18. The number of rotatable bonds is 3. The highest BCUT2D eigenvalue weighted by Crippen LogP contribution is 2.40. The van der Waals surface area contributed by atoms with Gasteiger partial charge in [-0.15, -0.1) is 0 Å². The summed E-state index contributed by atoms with van der Waals surface area (Å²) in [4.78, 5) is 0. The molecule has 1 saturated carbocycles. The van der Waals surface area contributed by atoms with Crippen molar-refractivity contribution in [2.75, 3.05) is 5.32 Å². The molecule has 1 nitrogen and oxygen atoms in total. The molecular formula is C18H19BrClN. The van der Waals surface area contributed by atoms with Crippen molar-refractivity contribution in [2.24, 2.45) is 0 Å². The number of benzene rings is 2. The number of aryl methyl sites for hydroxylation is 2. The first-order valence-corrected chi connectivity index (χ1v) is 8.49. The maximum absolute atomic E-state index is 6.21. The van der Waals surface area contributed by atoms with Crippen molar-refractivity contribution in [1.29, 1.82) is 0 Å². The fourth-order valence-electron chi connectivity index (χ4n) is 2.91. The highest BCUT2D eigenvalue weighted by molar-refractivity contribution is 9.10. The molecule has 3 rings (SSSR count). The van der Waals surface area contributed by atoms with Crippen molar-refractivity contribution < 1.29 is 0 Å². The predicted molar refractivity (Wildman–Crippen MR) is 94.5 cm³/mol. The Labute approximate surface area is 139 Å². The maximum Gasteiger partial charge on any atom is 0.0501 e. The van der Waals surface area contributed by atoms with Gasteiger partial charge in [0.2, 0.25) is 0 Å². The van der Waals surface area contributed by atoms with Crippen LogP contribution in [0.3, 0.4) is 0 Å². The fourth-order valence-corrected chi connectivity index (χ4v) is 3.64. The Morgan fingerprint density at radius 1 is 1.14 bits per heavy atom. The van der Waals surface area contributed by atoms with Gasteiger partial charge in [0.05, 0.1) is 5.69 Å². The third-order valence-corrected chi connectivity index (χ3v) is 5.32. The lowest BCUT2D eigenvalue weighted by atomic mass is 9.75. The van der Waals surface area contributed by atoms with Crippen molar-refractivity contribution in [1.82, 2.24) is 0 Å². The Hall–Kier alpha value is -0.990. The third-order valence-electron chi connectivity index (χ3n) is 4.26. The predicted octanol–water partition coefficient (Wildman–Crippen LogP) is 6.08.